The Labute approximate surface area is 186 Å². The van der Waals surface area contributed by atoms with Gasteiger partial charge in [-0.05, 0) is 54.2 Å². The molecule has 1 aliphatic heterocycles. The van der Waals surface area contributed by atoms with Gasteiger partial charge in [0.2, 0.25) is 5.69 Å². The van der Waals surface area contributed by atoms with Crippen molar-refractivity contribution in [2.75, 3.05) is 0 Å². The molecule has 0 amide bonds. The van der Waals surface area contributed by atoms with Crippen molar-refractivity contribution < 1.29 is 8.68 Å². The predicted octanol–water partition coefficient (Wildman–Crippen LogP) is 5.71. The fraction of sp³-hybridized carbons (Fsp3) is 0.143. The van der Waals surface area contributed by atoms with Crippen molar-refractivity contribution in [2.24, 2.45) is 7.05 Å². The highest BCUT2D eigenvalue weighted by Crippen LogP contribution is 2.39. The number of imidazole rings is 1. The standard InChI is InChI=1S/C28H24N3/c1-18-13-14-24-22(16-27-29-23-11-7-8-12-25(23)31(24)27)28(18)26-15-21(19(2)17-30(26)3)20-9-5-4-6-10-20/h4-15,17H,16H2,1-3H3/q+1/i2D3. The quantitative estimate of drug-likeness (QED) is 0.338. The lowest BCUT2D eigenvalue weighted by Gasteiger charge is -2.14. The van der Waals surface area contributed by atoms with E-state index >= 15 is 0 Å². The molecule has 2 aromatic heterocycles. The Morgan fingerprint density at radius 3 is 2.61 bits per heavy atom. The number of aryl methyl sites for hydroxylation is 3. The molecule has 3 heterocycles. The minimum atomic E-state index is -2.21. The van der Waals surface area contributed by atoms with E-state index in [0.29, 0.717) is 5.56 Å². The van der Waals surface area contributed by atoms with Gasteiger partial charge in [0.15, 0.2) is 6.20 Å². The maximum absolute atomic E-state index is 8.15. The van der Waals surface area contributed by atoms with Crippen molar-refractivity contribution in [1.82, 2.24) is 9.55 Å². The summed E-state index contributed by atoms with van der Waals surface area (Å²) >= 11 is 0. The van der Waals surface area contributed by atoms with Gasteiger partial charge in [-0.15, -0.1) is 0 Å². The fourth-order valence-electron chi connectivity index (χ4n) is 4.87. The van der Waals surface area contributed by atoms with Gasteiger partial charge in [-0.1, -0.05) is 48.5 Å². The van der Waals surface area contributed by atoms with Crippen molar-refractivity contribution in [3.63, 3.8) is 0 Å². The molecule has 0 saturated heterocycles. The van der Waals surface area contributed by atoms with Crippen LogP contribution in [0.15, 0.2) is 79.0 Å². The van der Waals surface area contributed by atoms with E-state index in [1.54, 1.807) is 6.20 Å². The molecule has 0 fully saturated rings. The maximum Gasteiger partial charge on any atom is 0.213 e. The zero-order chi connectivity index (χ0) is 23.6. The molecule has 0 saturated carbocycles. The van der Waals surface area contributed by atoms with Gasteiger partial charge in [0.25, 0.3) is 0 Å². The molecule has 0 radical (unpaired) electrons. The second kappa shape index (κ2) is 6.64. The van der Waals surface area contributed by atoms with Crippen LogP contribution in [0.5, 0.6) is 0 Å². The van der Waals surface area contributed by atoms with Gasteiger partial charge in [-0.2, -0.15) is 0 Å². The van der Waals surface area contributed by atoms with Crippen LogP contribution >= 0.6 is 0 Å². The lowest BCUT2D eigenvalue weighted by Crippen LogP contribution is -2.32. The van der Waals surface area contributed by atoms with Gasteiger partial charge in [0, 0.05) is 22.2 Å². The Hall–Kier alpha value is -3.72. The number of hydrogen-bond acceptors (Lipinski definition) is 1. The molecule has 150 valence electrons. The Morgan fingerprint density at radius 1 is 0.968 bits per heavy atom. The summed E-state index contributed by atoms with van der Waals surface area (Å²) in [5.41, 5.74) is 9.78. The van der Waals surface area contributed by atoms with Gasteiger partial charge in [0.05, 0.1) is 22.3 Å². The first-order valence-corrected chi connectivity index (χ1v) is 10.5. The molecule has 0 bridgehead atoms. The van der Waals surface area contributed by atoms with Gasteiger partial charge < -0.3 is 0 Å². The molecule has 0 spiro atoms. The van der Waals surface area contributed by atoms with Crippen LogP contribution in [0.3, 0.4) is 0 Å². The second-order valence-corrected chi connectivity index (χ2v) is 8.25. The largest absolute Gasteiger partial charge is 0.296 e. The van der Waals surface area contributed by atoms with Crippen LogP contribution in [0.25, 0.3) is 39.1 Å². The third kappa shape index (κ3) is 2.66. The van der Waals surface area contributed by atoms with Gasteiger partial charge >= 0.3 is 0 Å². The number of nitrogens with zero attached hydrogens (tertiary/aromatic N) is 3. The summed E-state index contributed by atoms with van der Waals surface area (Å²) in [6, 6.07) is 24.4. The number of hydrogen-bond donors (Lipinski definition) is 0. The first-order chi connectivity index (χ1) is 16.3. The molecular formula is C28H24N3+. The number of fused-ring (bicyclic) bond motifs is 5. The van der Waals surface area contributed by atoms with Crippen LogP contribution in [0.4, 0.5) is 0 Å². The van der Waals surface area contributed by atoms with Crippen molar-refractivity contribution in [3.8, 4) is 28.1 Å². The summed E-state index contributed by atoms with van der Waals surface area (Å²) in [5.74, 6) is 1.04. The molecule has 31 heavy (non-hydrogen) atoms. The highest BCUT2D eigenvalue weighted by Gasteiger charge is 2.29. The minimum Gasteiger partial charge on any atom is -0.296 e. The number of rotatable bonds is 2. The molecule has 3 nitrogen and oxygen atoms in total. The molecule has 0 atom stereocenters. The lowest BCUT2D eigenvalue weighted by molar-refractivity contribution is -0.660. The zero-order valence-electron chi connectivity index (χ0n) is 20.6. The Morgan fingerprint density at radius 2 is 1.77 bits per heavy atom. The first-order valence-electron chi connectivity index (χ1n) is 12.0. The van der Waals surface area contributed by atoms with Gasteiger partial charge in [0.1, 0.15) is 12.9 Å². The summed E-state index contributed by atoms with van der Waals surface area (Å²) in [6.07, 6.45) is 2.51. The molecule has 5 aromatic rings. The fourth-order valence-corrected chi connectivity index (χ4v) is 4.87. The summed E-state index contributed by atoms with van der Waals surface area (Å²) < 4.78 is 28.7. The van der Waals surface area contributed by atoms with E-state index in [1.807, 2.05) is 60.1 Å². The highest BCUT2D eigenvalue weighted by atomic mass is 15.1. The molecular weight excluding hydrogens is 378 g/mol. The number of aromatic nitrogens is 3. The summed E-state index contributed by atoms with van der Waals surface area (Å²) in [6.45, 7) is -0.0923. The molecule has 3 aromatic carbocycles. The monoisotopic (exact) mass is 405 g/mol. The van der Waals surface area contributed by atoms with Gasteiger partial charge in [-0.3, -0.25) is 4.57 Å². The van der Waals surface area contributed by atoms with E-state index in [2.05, 4.69) is 35.8 Å². The van der Waals surface area contributed by atoms with Crippen molar-refractivity contribution in [2.45, 2.75) is 20.2 Å². The molecule has 1 aliphatic rings. The SMILES string of the molecule is [2H]C([2H])([2H])c1c[n+](C)c(-c2c(C)ccc3c2Cc2nc4ccccc4n2-3)cc1-c1ccccc1. The minimum absolute atomic E-state index is 0.356. The van der Waals surface area contributed by atoms with Crippen molar-refractivity contribution >= 4 is 11.0 Å². The topological polar surface area (TPSA) is 21.7 Å². The Bertz CT molecular complexity index is 1580. The van der Waals surface area contributed by atoms with E-state index in [1.165, 1.54) is 5.56 Å². The van der Waals surface area contributed by atoms with E-state index < -0.39 is 6.85 Å². The van der Waals surface area contributed by atoms with Crippen LogP contribution in [0.2, 0.25) is 0 Å². The van der Waals surface area contributed by atoms with Gasteiger partial charge in [-0.25, -0.2) is 9.55 Å². The smallest absolute Gasteiger partial charge is 0.213 e. The number of pyridine rings is 1. The highest BCUT2D eigenvalue weighted by molar-refractivity contribution is 5.83. The Kier molecular flexibility index (Phi) is 3.24. The molecule has 3 heteroatoms. The lowest BCUT2D eigenvalue weighted by atomic mass is 9.93. The van der Waals surface area contributed by atoms with Crippen LogP contribution in [0, 0.1) is 13.8 Å². The predicted molar refractivity (Wildman–Crippen MR) is 125 cm³/mol. The first kappa shape index (κ1) is 15.1. The number of para-hydroxylation sites is 2. The zero-order valence-corrected chi connectivity index (χ0v) is 17.6. The van der Waals surface area contributed by atoms with E-state index in [-0.39, 0.29) is 0 Å². The summed E-state index contributed by atoms with van der Waals surface area (Å²) in [4.78, 5) is 4.89. The van der Waals surface area contributed by atoms with E-state index in [0.717, 1.165) is 56.9 Å². The second-order valence-electron chi connectivity index (χ2n) is 8.25. The summed E-state index contributed by atoms with van der Waals surface area (Å²) in [5, 5.41) is 0. The van der Waals surface area contributed by atoms with Crippen LogP contribution < -0.4 is 4.57 Å². The normalized spacial score (nSPS) is 14.1. The van der Waals surface area contributed by atoms with Crippen LogP contribution in [-0.2, 0) is 13.5 Å². The van der Waals surface area contributed by atoms with E-state index in [4.69, 9.17) is 9.10 Å². The van der Waals surface area contributed by atoms with Crippen molar-refractivity contribution in [3.05, 3.63) is 102 Å². The van der Waals surface area contributed by atoms with E-state index in [9.17, 15) is 0 Å². The molecule has 0 N–H and O–H groups in total. The third-order valence-corrected chi connectivity index (χ3v) is 6.32. The maximum atomic E-state index is 8.15. The number of benzene rings is 3. The molecule has 0 aliphatic carbocycles. The molecule has 0 unspecified atom stereocenters. The average molecular weight is 406 g/mol. The summed E-state index contributed by atoms with van der Waals surface area (Å²) in [7, 11) is 1.93. The van der Waals surface area contributed by atoms with Crippen LogP contribution in [0.1, 0.15) is 26.6 Å². The third-order valence-electron chi connectivity index (χ3n) is 6.32. The average Bonchev–Trinajstić information content (AvgIpc) is 3.35. The molecule has 6 rings (SSSR count). The van der Waals surface area contributed by atoms with Crippen LogP contribution in [-0.4, -0.2) is 9.55 Å². The Balaban J connectivity index is 1.61. The van der Waals surface area contributed by atoms with Crippen molar-refractivity contribution in [1.29, 1.82) is 0 Å².